The van der Waals surface area contributed by atoms with Gasteiger partial charge in [-0.15, -0.1) is 0 Å². The van der Waals surface area contributed by atoms with Gasteiger partial charge in [0.25, 0.3) is 0 Å². The van der Waals surface area contributed by atoms with Crippen molar-refractivity contribution in [2.75, 3.05) is 6.61 Å². The lowest BCUT2D eigenvalue weighted by Gasteiger charge is -2.47. The Balaban J connectivity index is 1.71. The second kappa shape index (κ2) is 5.31. The van der Waals surface area contributed by atoms with Gasteiger partial charge in [-0.2, -0.15) is 0 Å². The number of Topliss-reactive ketones (excluding diaryl/α,β-unsaturated/α-hetero) is 1. The highest BCUT2D eigenvalue weighted by molar-refractivity contribution is 5.78. The number of hydrogen-bond donors (Lipinski definition) is 0. The van der Waals surface area contributed by atoms with Crippen LogP contribution in [0.5, 0.6) is 0 Å². The van der Waals surface area contributed by atoms with E-state index in [0.717, 1.165) is 38.2 Å². The van der Waals surface area contributed by atoms with Crippen LogP contribution in [0.4, 0.5) is 0 Å². The molecule has 2 aliphatic rings. The zero-order chi connectivity index (χ0) is 11.4. The number of ether oxygens (including phenoxy) is 1. The molecule has 2 rings (SSSR count). The van der Waals surface area contributed by atoms with E-state index in [2.05, 4.69) is 6.92 Å². The number of hydrogen-bond acceptors (Lipinski definition) is 2. The van der Waals surface area contributed by atoms with Crippen LogP contribution in [0.1, 0.15) is 64.7 Å². The van der Waals surface area contributed by atoms with Crippen molar-refractivity contribution in [1.29, 1.82) is 0 Å². The Kier molecular flexibility index (Phi) is 4.01. The second-order valence-electron chi connectivity index (χ2n) is 5.57. The summed E-state index contributed by atoms with van der Waals surface area (Å²) in [5.41, 5.74) is 0.247. The zero-order valence-electron chi connectivity index (χ0n) is 10.5. The third-order valence-electron chi connectivity index (χ3n) is 4.22. The largest absolute Gasteiger partial charge is 0.375 e. The van der Waals surface area contributed by atoms with Gasteiger partial charge < -0.3 is 4.74 Å². The molecule has 1 aliphatic carbocycles. The van der Waals surface area contributed by atoms with Crippen LogP contribution >= 0.6 is 0 Å². The molecule has 1 aliphatic heterocycles. The number of carbonyl (C=O) groups excluding carboxylic acids is 1. The fourth-order valence-electron chi connectivity index (χ4n) is 3.06. The average Bonchev–Trinajstić information content (AvgIpc) is 2.25. The lowest BCUT2D eigenvalue weighted by Crippen LogP contribution is -2.45. The molecule has 0 aromatic heterocycles. The molecule has 1 unspecified atom stereocenters. The molecule has 2 fully saturated rings. The molecule has 2 nitrogen and oxygen atoms in total. The van der Waals surface area contributed by atoms with Gasteiger partial charge in [0.15, 0.2) is 0 Å². The van der Waals surface area contributed by atoms with Crippen LogP contribution in [0, 0.1) is 5.92 Å². The molecule has 1 saturated carbocycles. The van der Waals surface area contributed by atoms with E-state index in [1.54, 1.807) is 0 Å². The van der Waals surface area contributed by atoms with E-state index >= 15 is 0 Å². The van der Waals surface area contributed by atoms with Crippen molar-refractivity contribution in [1.82, 2.24) is 0 Å². The van der Waals surface area contributed by atoms with Crippen LogP contribution < -0.4 is 0 Å². The highest BCUT2D eigenvalue weighted by atomic mass is 16.5. The minimum atomic E-state index is 0.247. The van der Waals surface area contributed by atoms with Gasteiger partial charge in [-0.05, 0) is 50.9 Å². The van der Waals surface area contributed by atoms with Crippen LogP contribution in [0.15, 0.2) is 0 Å². The first kappa shape index (κ1) is 12.1. The number of ketones is 1. The summed E-state index contributed by atoms with van der Waals surface area (Å²) < 4.78 is 5.90. The number of carbonyl (C=O) groups is 1. The highest BCUT2D eigenvalue weighted by Crippen LogP contribution is 2.45. The molecule has 0 N–H and O–H groups in total. The summed E-state index contributed by atoms with van der Waals surface area (Å²) in [5, 5.41) is 0. The minimum absolute atomic E-state index is 0.247. The van der Waals surface area contributed by atoms with Crippen LogP contribution in [0.3, 0.4) is 0 Å². The quantitative estimate of drug-likeness (QED) is 0.714. The Bertz CT molecular complexity index is 243. The standard InChI is InChI=1S/C14H24O2/c1-2-4-13(15)6-5-12-7-10-16-14(11-12)8-3-9-14/h12H,2-11H2,1H3. The summed E-state index contributed by atoms with van der Waals surface area (Å²) in [7, 11) is 0. The molecule has 1 atom stereocenters. The number of rotatable bonds is 5. The maximum absolute atomic E-state index is 11.5. The molecule has 0 aromatic rings. The average molecular weight is 224 g/mol. The Labute approximate surface area is 98.7 Å². The third kappa shape index (κ3) is 2.85. The van der Waals surface area contributed by atoms with E-state index < -0.39 is 0 Å². The van der Waals surface area contributed by atoms with Crippen LogP contribution in [-0.2, 0) is 9.53 Å². The molecule has 0 bridgehead atoms. The van der Waals surface area contributed by atoms with Gasteiger partial charge >= 0.3 is 0 Å². The Hall–Kier alpha value is -0.370. The Morgan fingerprint density at radius 3 is 2.81 bits per heavy atom. The summed E-state index contributed by atoms with van der Waals surface area (Å²) in [4.78, 5) is 11.5. The Morgan fingerprint density at radius 1 is 1.38 bits per heavy atom. The van der Waals surface area contributed by atoms with E-state index in [1.165, 1.54) is 32.1 Å². The summed E-state index contributed by atoms with van der Waals surface area (Å²) in [6.07, 6.45) is 9.90. The zero-order valence-corrected chi connectivity index (χ0v) is 10.5. The molecule has 0 radical (unpaired) electrons. The van der Waals surface area contributed by atoms with Crippen molar-refractivity contribution in [2.24, 2.45) is 5.92 Å². The fourth-order valence-corrected chi connectivity index (χ4v) is 3.06. The molecule has 2 heteroatoms. The smallest absolute Gasteiger partial charge is 0.132 e. The van der Waals surface area contributed by atoms with Gasteiger partial charge in [-0.1, -0.05) is 6.92 Å². The van der Waals surface area contributed by atoms with Gasteiger partial charge in [-0.25, -0.2) is 0 Å². The second-order valence-corrected chi connectivity index (χ2v) is 5.57. The van der Waals surface area contributed by atoms with E-state index in [9.17, 15) is 4.79 Å². The van der Waals surface area contributed by atoms with Gasteiger partial charge in [0.2, 0.25) is 0 Å². The maximum atomic E-state index is 11.5. The molecule has 1 saturated heterocycles. The molecule has 1 spiro atoms. The van der Waals surface area contributed by atoms with Crippen molar-refractivity contribution in [3.63, 3.8) is 0 Å². The Morgan fingerprint density at radius 2 is 2.19 bits per heavy atom. The van der Waals surface area contributed by atoms with Crippen molar-refractivity contribution < 1.29 is 9.53 Å². The first-order valence-corrected chi connectivity index (χ1v) is 6.90. The summed E-state index contributed by atoms with van der Waals surface area (Å²) >= 11 is 0. The van der Waals surface area contributed by atoms with Crippen molar-refractivity contribution in [2.45, 2.75) is 70.3 Å². The first-order chi connectivity index (χ1) is 7.74. The fraction of sp³-hybridized carbons (Fsp3) is 0.929. The monoisotopic (exact) mass is 224 g/mol. The van der Waals surface area contributed by atoms with E-state index in [4.69, 9.17) is 4.74 Å². The van der Waals surface area contributed by atoms with E-state index in [1.807, 2.05) is 0 Å². The maximum Gasteiger partial charge on any atom is 0.132 e. The third-order valence-corrected chi connectivity index (χ3v) is 4.22. The lowest BCUT2D eigenvalue weighted by molar-refractivity contribution is -0.145. The lowest BCUT2D eigenvalue weighted by atomic mass is 9.71. The minimum Gasteiger partial charge on any atom is -0.375 e. The van der Waals surface area contributed by atoms with Crippen molar-refractivity contribution in [3.05, 3.63) is 0 Å². The van der Waals surface area contributed by atoms with Gasteiger partial charge in [0, 0.05) is 19.4 Å². The topological polar surface area (TPSA) is 26.3 Å². The van der Waals surface area contributed by atoms with Gasteiger partial charge in [0.1, 0.15) is 5.78 Å². The summed E-state index contributed by atoms with van der Waals surface area (Å²) in [6.45, 7) is 3.00. The molecule has 16 heavy (non-hydrogen) atoms. The first-order valence-electron chi connectivity index (χ1n) is 6.90. The molecule has 0 aromatic carbocycles. The summed E-state index contributed by atoms with van der Waals surface area (Å²) in [5.74, 6) is 1.20. The van der Waals surface area contributed by atoms with Crippen LogP contribution in [0.2, 0.25) is 0 Å². The van der Waals surface area contributed by atoms with Crippen LogP contribution in [-0.4, -0.2) is 18.0 Å². The van der Waals surface area contributed by atoms with Gasteiger partial charge in [-0.3, -0.25) is 4.79 Å². The molecular formula is C14H24O2. The highest BCUT2D eigenvalue weighted by Gasteiger charge is 2.42. The summed E-state index contributed by atoms with van der Waals surface area (Å²) in [6, 6.07) is 0. The SMILES string of the molecule is CCCC(=O)CCC1CCOC2(CCC2)C1. The molecule has 0 amide bonds. The molecular weight excluding hydrogens is 200 g/mol. The normalized spacial score (nSPS) is 27.7. The van der Waals surface area contributed by atoms with Crippen LogP contribution in [0.25, 0.3) is 0 Å². The van der Waals surface area contributed by atoms with Crippen molar-refractivity contribution in [3.8, 4) is 0 Å². The van der Waals surface area contributed by atoms with E-state index in [0.29, 0.717) is 5.78 Å². The predicted molar refractivity (Wildman–Crippen MR) is 64.4 cm³/mol. The molecule has 92 valence electrons. The van der Waals surface area contributed by atoms with Gasteiger partial charge in [0.05, 0.1) is 5.60 Å². The van der Waals surface area contributed by atoms with Crippen molar-refractivity contribution >= 4 is 5.78 Å². The van der Waals surface area contributed by atoms with E-state index in [-0.39, 0.29) is 5.60 Å². The molecule has 1 heterocycles. The predicted octanol–water partition coefficient (Wildman–Crippen LogP) is 3.49.